The summed E-state index contributed by atoms with van der Waals surface area (Å²) in [6, 6.07) is 9.58. The molecule has 0 bridgehead atoms. The van der Waals surface area contributed by atoms with Gasteiger partial charge in [-0.3, -0.25) is 4.79 Å². The fraction of sp³-hybridized carbons (Fsp3) is 0.292. The minimum Gasteiger partial charge on any atom is -0.496 e. The summed E-state index contributed by atoms with van der Waals surface area (Å²) < 4.78 is 21.6. The summed E-state index contributed by atoms with van der Waals surface area (Å²) in [6.07, 6.45) is 3.99. The average molecular weight is 409 g/mol. The molecule has 158 valence electrons. The van der Waals surface area contributed by atoms with E-state index in [1.54, 1.807) is 33.7 Å². The lowest BCUT2D eigenvalue weighted by Gasteiger charge is -2.11. The van der Waals surface area contributed by atoms with E-state index >= 15 is 0 Å². The second kappa shape index (κ2) is 9.39. The van der Waals surface area contributed by atoms with Gasteiger partial charge in [0.15, 0.2) is 11.5 Å². The van der Waals surface area contributed by atoms with Crippen molar-refractivity contribution in [2.45, 2.75) is 20.3 Å². The van der Waals surface area contributed by atoms with Crippen molar-refractivity contribution in [2.24, 2.45) is 0 Å². The van der Waals surface area contributed by atoms with Crippen molar-refractivity contribution in [1.29, 1.82) is 0 Å². The van der Waals surface area contributed by atoms with Crippen molar-refractivity contribution in [2.75, 3.05) is 27.9 Å². The maximum Gasteiger partial charge on any atom is 0.244 e. The number of benzene rings is 2. The Kier molecular flexibility index (Phi) is 6.67. The molecule has 2 aromatic carbocycles. The standard InChI is InChI=1S/C24H27NO5/c1-15(18-12-19-16(2)14-30-22(19)13-21(18)28-4)10-24(26)25-9-8-17-6-7-20(27-3)23(11-17)29-5/h6-7,10-14H,8-9H2,1-5H3,(H,25,26)/b15-10+. The van der Waals surface area contributed by atoms with Crippen molar-refractivity contribution in [3.8, 4) is 17.2 Å². The highest BCUT2D eigenvalue weighted by atomic mass is 16.5. The second-order valence-corrected chi connectivity index (χ2v) is 7.03. The lowest BCUT2D eigenvalue weighted by Crippen LogP contribution is -2.23. The zero-order chi connectivity index (χ0) is 21.7. The Hall–Kier alpha value is -3.41. The van der Waals surface area contributed by atoms with E-state index in [1.807, 2.05) is 44.2 Å². The summed E-state index contributed by atoms with van der Waals surface area (Å²) in [7, 11) is 4.82. The van der Waals surface area contributed by atoms with Crippen LogP contribution in [0.4, 0.5) is 0 Å². The minimum atomic E-state index is -0.154. The lowest BCUT2D eigenvalue weighted by atomic mass is 10.0. The predicted octanol–water partition coefficient (Wildman–Crippen LogP) is 4.53. The van der Waals surface area contributed by atoms with Crippen molar-refractivity contribution < 1.29 is 23.4 Å². The third kappa shape index (κ3) is 4.59. The topological polar surface area (TPSA) is 69.9 Å². The summed E-state index contributed by atoms with van der Waals surface area (Å²) in [5.41, 5.74) is 4.54. The van der Waals surface area contributed by atoms with Gasteiger partial charge in [0.25, 0.3) is 0 Å². The fourth-order valence-electron chi connectivity index (χ4n) is 3.35. The number of carbonyl (C=O) groups is 1. The number of fused-ring (bicyclic) bond motifs is 1. The Bertz CT molecular complexity index is 1080. The molecule has 0 fully saturated rings. The highest BCUT2D eigenvalue weighted by Crippen LogP contribution is 2.33. The van der Waals surface area contributed by atoms with Gasteiger partial charge >= 0.3 is 0 Å². The Labute approximate surface area is 176 Å². The number of aryl methyl sites for hydroxylation is 1. The first-order valence-electron chi connectivity index (χ1n) is 9.70. The maximum atomic E-state index is 12.4. The molecule has 0 aliphatic heterocycles. The molecule has 1 N–H and O–H groups in total. The van der Waals surface area contributed by atoms with Gasteiger partial charge in [-0.25, -0.2) is 0 Å². The van der Waals surface area contributed by atoms with Gasteiger partial charge in [-0.15, -0.1) is 0 Å². The smallest absolute Gasteiger partial charge is 0.244 e. The molecule has 0 radical (unpaired) electrons. The molecule has 6 heteroatoms. The van der Waals surface area contributed by atoms with Crippen LogP contribution in [-0.4, -0.2) is 33.8 Å². The zero-order valence-corrected chi connectivity index (χ0v) is 18.0. The molecule has 1 amide bonds. The van der Waals surface area contributed by atoms with E-state index in [2.05, 4.69) is 5.32 Å². The van der Waals surface area contributed by atoms with Crippen molar-refractivity contribution >= 4 is 22.4 Å². The Balaban J connectivity index is 1.68. The summed E-state index contributed by atoms with van der Waals surface area (Å²) in [5, 5.41) is 3.94. The monoisotopic (exact) mass is 409 g/mol. The molecule has 1 heterocycles. The number of amides is 1. The highest BCUT2D eigenvalue weighted by molar-refractivity contribution is 5.97. The summed E-state index contributed by atoms with van der Waals surface area (Å²) in [4.78, 5) is 12.4. The van der Waals surface area contributed by atoms with Gasteiger partial charge in [-0.2, -0.15) is 0 Å². The van der Waals surface area contributed by atoms with Crippen LogP contribution in [0.15, 0.2) is 47.1 Å². The van der Waals surface area contributed by atoms with E-state index < -0.39 is 0 Å². The van der Waals surface area contributed by atoms with E-state index in [0.29, 0.717) is 30.2 Å². The van der Waals surface area contributed by atoms with Gasteiger partial charge in [-0.1, -0.05) is 6.07 Å². The first-order chi connectivity index (χ1) is 14.5. The number of allylic oxidation sites excluding steroid dienone is 1. The number of nitrogens with one attached hydrogen (secondary N) is 1. The van der Waals surface area contributed by atoms with Gasteiger partial charge in [-0.05, 0) is 55.2 Å². The molecule has 0 saturated heterocycles. The average Bonchev–Trinajstić information content (AvgIpc) is 3.12. The molecule has 0 unspecified atom stereocenters. The van der Waals surface area contributed by atoms with Crippen LogP contribution in [0.2, 0.25) is 0 Å². The molecular formula is C24H27NO5. The molecule has 6 nitrogen and oxygen atoms in total. The van der Waals surface area contributed by atoms with E-state index in [-0.39, 0.29) is 5.91 Å². The predicted molar refractivity (Wildman–Crippen MR) is 117 cm³/mol. The molecular weight excluding hydrogens is 382 g/mol. The van der Waals surface area contributed by atoms with Crippen LogP contribution in [0.5, 0.6) is 17.2 Å². The molecule has 30 heavy (non-hydrogen) atoms. The maximum absolute atomic E-state index is 12.4. The van der Waals surface area contributed by atoms with Gasteiger partial charge < -0.3 is 23.9 Å². The SMILES string of the molecule is COc1ccc(CCNC(=O)/C=C(\C)c2cc3c(C)coc3cc2OC)cc1OC. The lowest BCUT2D eigenvalue weighted by molar-refractivity contribution is -0.116. The first kappa shape index (κ1) is 21.3. The summed E-state index contributed by atoms with van der Waals surface area (Å²) in [6.45, 7) is 4.39. The largest absolute Gasteiger partial charge is 0.496 e. The van der Waals surface area contributed by atoms with E-state index in [4.69, 9.17) is 18.6 Å². The zero-order valence-electron chi connectivity index (χ0n) is 18.0. The molecule has 3 aromatic rings. The Morgan fingerprint density at radius 3 is 2.47 bits per heavy atom. The quantitative estimate of drug-likeness (QED) is 0.554. The van der Waals surface area contributed by atoms with Crippen LogP contribution in [0.3, 0.4) is 0 Å². The van der Waals surface area contributed by atoms with Crippen LogP contribution >= 0.6 is 0 Å². The van der Waals surface area contributed by atoms with Crippen LogP contribution in [-0.2, 0) is 11.2 Å². The molecule has 3 rings (SSSR count). The van der Waals surface area contributed by atoms with Crippen molar-refractivity contribution in [3.05, 3.63) is 59.4 Å². The number of hydrogen-bond donors (Lipinski definition) is 1. The molecule has 0 atom stereocenters. The third-order valence-electron chi connectivity index (χ3n) is 5.02. The number of rotatable bonds is 8. The van der Waals surface area contributed by atoms with Gasteiger partial charge in [0.2, 0.25) is 5.91 Å². The van der Waals surface area contributed by atoms with Crippen LogP contribution in [0.1, 0.15) is 23.6 Å². The van der Waals surface area contributed by atoms with Gasteiger partial charge in [0, 0.05) is 29.6 Å². The highest BCUT2D eigenvalue weighted by Gasteiger charge is 2.12. The van der Waals surface area contributed by atoms with E-state index in [0.717, 1.165) is 33.2 Å². The molecule has 0 saturated carbocycles. The molecule has 0 spiro atoms. The van der Waals surface area contributed by atoms with Crippen molar-refractivity contribution in [3.63, 3.8) is 0 Å². The first-order valence-corrected chi connectivity index (χ1v) is 9.70. The summed E-state index contributed by atoms with van der Waals surface area (Å²) >= 11 is 0. The molecule has 0 aliphatic carbocycles. The third-order valence-corrected chi connectivity index (χ3v) is 5.02. The van der Waals surface area contributed by atoms with E-state index in [9.17, 15) is 4.79 Å². The number of carbonyl (C=O) groups excluding carboxylic acids is 1. The van der Waals surface area contributed by atoms with Crippen LogP contribution < -0.4 is 19.5 Å². The minimum absolute atomic E-state index is 0.154. The fourth-order valence-corrected chi connectivity index (χ4v) is 3.35. The number of hydrogen-bond acceptors (Lipinski definition) is 5. The Morgan fingerprint density at radius 2 is 1.77 bits per heavy atom. The number of methoxy groups -OCH3 is 3. The van der Waals surface area contributed by atoms with Gasteiger partial charge in [0.1, 0.15) is 11.3 Å². The second-order valence-electron chi connectivity index (χ2n) is 7.03. The number of furan rings is 1. The Morgan fingerprint density at radius 1 is 1.03 bits per heavy atom. The molecule has 1 aromatic heterocycles. The van der Waals surface area contributed by atoms with Gasteiger partial charge in [0.05, 0.1) is 27.6 Å². The van der Waals surface area contributed by atoms with Crippen molar-refractivity contribution in [1.82, 2.24) is 5.32 Å². The number of ether oxygens (including phenoxy) is 3. The van der Waals surface area contributed by atoms with Crippen LogP contribution in [0.25, 0.3) is 16.5 Å². The summed E-state index contributed by atoms with van der Waals surface area (Å²) in [5.74, 6) is 1.87. The van der Waals surface area contributed by atoms with Crippen LogP contribution in [0, 0.1) is 6.92 Å². The van der Waals surface area contributed by atoms with E-state index in [1.165, 1.54) is 0 Å². The normalized spacial score (nSPS) is 11.4. The molecule has 0 aliphatic rings.